The smallest absolute Gasteiger partial charge is 0.195 e. The minimum atomic E-state index is 0.417. The van der Waals surface area contributed by atoms with Crippen molar-refractivity contribution in [1.82, 2.24) is 14.8 Å². The Balaban J connectivity index is 2.07. The maximum atomic E-state index is 5.31. The molecule has 1 saturated carbocycles. The highest BCUT2D eigenvalue weighted by molar-refractivity contribution is 7.71. The van der Waals surface area contributed by atoms with Crippen molar-refractivity contribution in [2.75, 3.05) is 13.7 Å². The normalized spacial score (nSPS) is 17.3. The van der Waals surface area contributed by atoms with E-state index in [0.29, 0.717) is 5.41 Å². The molecule has 0 aliphatic heterocycles. The standard InChI is InChI=1S/C12H21N3OS/c1-3-4-10-13-14-11(17)15(10)9-12(5-6-12)7-8-16-2/h3-9H2,1-2H3,(H,14,17). The zero-order valence-corrected chi connectivity index (χ0v) is 11.5. The molecule has 1 aromatic rings. The minimum Gasteiger partial charge on any atom is -0.385 e. The summed E-state index contributed by atoms with van der Waals surface area (Å²) in [4.78, 5) is 0. The van der Waals surface area contributed by atoms with E-state index in [0.717, 1.165) is 43.0 Å². The number of aromatic nitrogens is 3. The summed E-state index contributed by atoms with van der Waals surface area (Å²) in [6, 6.07) is 0. The zero-order valence-electron chi connectivity index (χ0n) is 10.7. The molecule has 0 amide bonds. The van der Waals surface area contributed by atoms with Gasteiger partial charge in [-0.15, -0.1) is 0 Å². The summed E-state index contributed by atoms with van der Waals surface area (Å²) in [6.07, 6.45) is 5.80. The first-order chi connectivity index (χ1) is 8.21. The largest absolute Gasteiger partial charge is 0.385 e. The van der Waals surface area contributed by atoms with Crippen molar-refractivity contribution >= 4 is 12.2 Å². The number of ether oxygens (including phenoxy) is 1. The minimum absolute atomic E-state index is 0.417. The molecule has 0 saturated heterocycles. The fraction of sp³-hybridized carbons (Fsp3) is 0.833. The number of rotatable bonds is 7. The van der Waals surface area contributed by atoms with Crippen LogP contribution in [0.15, 0.2) is 0 Å². The SMILES string of the molecule is CCCc1n[nH]c(=S)n1CC1(CCOC)CC1. The summed E-state index contributed by atoms with van der Waals surface area (Å²) in [5.41, 5.74) is 0.417. The highest BCUT2D eigenvalue weighted by Gasteiger charge is 2.42. The van der Waals surface area contributed by atoms with Crippen LogP contribution in [0.4, 0.5) is 0 Å². The van der Waals surface area contributed by atoms with Gasteiger partial charge in [-0.2, -0.15) is 5.10 Å². The van der Waals surface area contributed by atoms with Gasteiger partial charge >= 0.3 is 0 Å². The maximum Gasteiger partial charge on any atom is 0.195 e. The predicted octanol–water partition coefficient (Wildman–Crippen LogP) is 2.71. The third-order valence-corrected chi connectivity index (χ3v) is 3.91. The third kappa shape index (κ3) is 2.96. The monoisotopic (exact) mass is 255 g/mol. The van der Waals surface area contributed by atoms with Crippen molar-refractivity contribution in [3.05, 3.63) is 10.6 Å². The van der Waals surface area contributed by atoms with Crippen LogP contribution in [0.25, 0.3) is 0 Å². The van der Waals surface area contributed by atoms with Crippen LogP contribution in [0.1, 0.15) is 38.4 Å². The lowest BCUT2D eigenvalue weighted by Crippen LogP contribution is -2.16. The van der Waals surface area contributed by atoms with E-state index in [4.69, 9.17) is 17.0 Å². The first-order valence-corrected chi connectivity index (χ1v) is 6.74. The van der Waals surface area contributed by atoms with Crippen LogP contribution < -0.4 is 0 Å². The van der Waals surface area contributed by atoms with Crippen molar-refractivity contribution < 1.29 is 4.74 Å². The van der Waals surface area contributed by atoms with Crippen molar-refractivity contribution in [1.29, 1.82) is 0 Å². The molecule has 0 spiro atoms. The van der Waals surface area contributed by atoms with Gasteiger partial charge in [0.1, 0.15) is 5.82 Å². The Bertz CT molecular complexity index is 420. The molecule has 96 valence electrons. The lowest BCUT2D eigenvalue weighted by molar-refractivity contribution is 0.166. The number of hydrogen-bond donors (Lipinski definition) is 1. The van der Waals surface area contributed by atoms with E-state index >= 15 is 0 Å². The first-order valence-electron chi connectivity index (χ1n) is 6.34. The maximum absolute atomic E-state index is 5.31. The Kier molecular flexibility index (Phi) is 3.99. The second-order valence-electron chi connectivity index (χ2n) is 5.02. The van der Waals surface area contributed by atoms with Crippen LogP contribution in [0.3, 0.4) is 0 Å². The van der Waals surface area contributed by atoms with Crippen molar-refractivity contribution in [2.24, 2.45) is 5.41 Å². The van der Waals surface area contributed by atoms with Gasteiger partial charge in [-0.05, 0) is 43.3 Å². The van der Waals surface area contributed by atoms with E-state index in [1.165, 1.54) is 12.8 Å². The second kappa shape index (κ2) is 5.31. The molecule has 1 N–H and O–H groups in total. The Hall–Kier alpha value is -0.680. The molecule has 0 unspecified atom stereocenters. The average molecular weight is 255 g/mol. The second-order valence-corrected chi connectivity index (χ2v) is 5.41. The molecule has 0 atom stereocenters. The Morgan fingerprint density at radius 3 is 2.88 bits per heavy atom. The van der Waals surface area contributed by atoms with Gasteiger partial charge in [0.15, 0.2) is 4.77 Å². The van der Waals surface area contributed by atoms with Gasteiger partial charge in [0.25, 0.3) is 0 Å². The topological polar surface area (TPSA) is 42.8 Å². The van der Waals surface area contributed by atoms with Crippen LogP contribution in [-0.2, 0) is 17.7 Å². The lowest BCUT2D eigenvalue weighted by Gasteiger charge is -2.16. The zero-order chi connectivity index (χ0) is 12.3. The molecule has 17 heavy (non-hydrogen) atoms. The molecule has 1 heterocycles. The van der Waals surface area contributed by atoms with Crippen molar-refractivity contribution in [3.63, 3.8) is 0 Å². The van der Waals surface area contributed by atoms with Gasteiger partial charge in [-0.1, -0.05) is 6.92 Å². The summed E-state index contributed by atoms with van der Waals surface area (Å²) in [5, 5.41) is 7.23. The van der Waals surface area contributed by atoms with E-state index in [1.807, 2.05) is 0 Å². The summed E-state index contributed by atoms with van der Waals surface area (Å²) >= 11 is 5.31. The molecular formula is C12H21N3OS. The van der Waals surface area contributed by atoms with E-state index in [9.17, 15) is 0 Å². The molecule has 1 aliphatic rings. The number of nitrogens with one attached hydrogen (secondary N) is 1. The number of nitrogens with zero attached hydrogens (tertiary/aromatic N) is 2. The number of aryl methyl sites for hydroxylation is 1. The van der Waals surface area contributed by atoms with Crippen molar-refractivity contribution in [2.45, 2.75) is 45.6 Å². The van der Waals surface area contributed by atoms with Gasteiger partial charge in [0, 0.05) is 26.7 Å². The quantitative estimate of drug-likeness (QED) is 0.762. The van der Waals surface area contributed by atoms with Crippen LogP contribution >= 0.6 is 12.2 Å². The summed E-state index contributed by atoms with van der Waals surface area (Å²) in [5.74, 6) is 1.10. The van der Waals surface area contributed by atoms with E-state index in [-0.39, 0.29) is 0 Å². The third-order valence-electron chi connectivity index (χ3n) is 3.60. The number of methoxy groups -OCH3 is 1. The number of H-pyrrole nitrogens is 1. The molecule has 1 aromatic heterocycles. The Labute approximate surface area is 107 Å². The van der Waals surface area contributed by atoms with E-state index in [2.05, 4.69) is 21.7 Å². The van der Waals surface area contributed by atoms with Gasteiger partial charge in [-0.3, -0.25) is 5.10 Å². The van der Waals surface area contributed by atoms with Crippen molar-refractivity contribution in [3.8, 4) is 0 Å². The number of aromatic amines is 1. The molecule has 2 rings (SSSR count). The Morgan fingerprint density at radius 2 is 2.29 bits per heavy atom. The lowest BCUT2D eigenvalue weighted by atomic mass is 10.0. The highest BCUT2D eigenvalue weighted by Crippen LogP contribution is 2.50. The fourth-order valence-electron chi connectivity index (χ4n) is 2.25. The molecule has 4 nitrogen and oxygen atoms in total. The van der Waals surface area contributed by atoms with Gasteiger partial charge < -0.3 is 9.30 Å². The summed E-state index contributed by atoms with van der Waals surface area (Å²) in [6.45, 7) is 4.01. The van der Waals surface area contributed by atoms with E-state index in [1.54, 1.807) is 7.11 Å². The van der Waals surface area contributed by atoms with Gasteiger partial charge in [0.05, 0.1) is 0 Å². The molecule has 5 heteroatoms. The molecule has 0 bridgehead atoms. The molecular weight excluding hydrogens is 234 g/mol. The van der Waals surface area contributed by atoms with Gasteiger partial charge in [-0.25, -0.2) is 0 Å². The predicted molar refractivity (Wildman–Crippen MR) is 69.6 cm³/mol. The van der Waals surface area contributed by atoms with Crippen LogP contribution in [-0.4, -0.2) is 28.5 Å². The number of hydrogen-bond acceptors (Lipinski definition) is 3. The molecule has 1 aliphatic carbocycles. The Morgan fingerprint density at radius 1 is 1.53 bits per heavy atom. The summed E-state index contributed by atoms with van der Waals surface area (Å²) in [7, 11) is 1.77. The highest BCUT2D eigenvalue weighted by atomic mass is 32.1. The van der Waals surface area contributed by atoms with Crippen LogP contribution in [0, 0.1) is 10.2 Å². The van der Waals surface area contributed by atoms with Crippen LogP contribution in [0.5, 0.6) is 0 Å². The first kappa shape index (κ1) is 12.8. The summed E-state index contributed by atoms with van der Waals surface area (Å²) < 4.78 is 8.13. The van der Waals surface area contributed by atoms with Crippen LogP contribution in [0.2, 0.25) is 0 Å². The molecule has 0 radical (unpaired) electrons. The fourth-order valence-corrected chi connectivity index (χ4v) is 2.46. The van der Waals surface area contributed by atoms with Gasteiger partial charge in [0.2, 0.25) is 0 Å². The molecule has 0 aromatic carbocycles. The average Bonchev–Trinajstić information content (AvgIpc) is 3.02. The van der Waals surface area contributed by atoms with E-state index < -0.39 is 0 Å². The molecule has 1 fully saturated rings.